The van der Waals surface area contributed by atoms with Crippen molar-refractivity contribution >= 4 is 21.8 Å². The molecule has 0 saturated heterocycles. The summed E-state index contributed by atoms with van der Waals surface area (Å²) >= 11 is 0. The van der Waals surface area contributed by atoms with Crippen LogP contribution >= 0.6 is 0 Å². The van der Waals surface area contributed by atoms with Crippen molar-refractivity contribution in [2.75, 3.05) is 0 Å². The van der Waals surface area contributed by atoms with Crippen LogP contribution in [0.2, 0.25) is 0 Å². The van der Waals surface area contributed by atoms with Gasteiger partial charge in [0.05, 0.1) is 28.1 Å². The minimum absolute atomic E-state index is 0.327. The van der Waals surface area contributed by atoms with Crippen LogP contribution in [-0.4, -0.2) is 19.5 Å². The summed E-state index contributed by atoms with van der Waals surface area (Å²) in [6.07, 6.45) is 2.04. The van der Waals surface area contributed by atoms with Gasteiger partial charge < -0.3 is 4.57 Å². The van der Waals surface area contributed by atoms with Crippen molar-refractivity contribution in [2.45, 2.75) is 19.3 Å². The third-order valence-corrected chi connectivity index (χ3v) is 9.44. The summed E-state index contributed by atoms with van der Waals surface area (Å²) in [5.41, 5.74) is 12.6. The molecule has 0 aliphatic heterocycles. The summed E-state index contributed by atoms with van der Waals surface area (Å²) in [6.45, 7) is 4.54. The molecule has 46 heavy (non-hydrogen) atoms. The van der Waals surface area contributed by atoms with Gasteiger partial charge in [0.15, 0.2) is 5.82 Å². The van der Waals surface area contributed by atoms with Gasteiger partial charge >= 0.3 is 0 Å². The fourth-order valence-corrected chi connectivity index (χ4v) is 7.28. The summed E-state index contributed by atoms with van der Waals surface area (Å²) < 4.78 is 2.34. The maximum Gasteiger partial charge on any atom is 0.161 e. The Hall–Kier alpha value is -5.87. The number of nitrogens with zero attached hydrogens (tertiary/aromatic N) is 4. The lowest BCUT2D eigenvalue weighted by Crippen LogP contribution is -2.18. The van der Waals surface area contributed by atoms with Crippen LogP contribution in [0, 0.1) is 0 Å². The van der Waals surface area contributed by atoms with E-state index in [9.17, 15) is 0 Å². The van der Waals surface area contributed by atoms with Gasteiger partial charge in [-0.05, 0) is 35.9 Å². The SMILES string of the molecule is CC1(C)c2cnc(-c3ccccc3)cc2-c2nc(-c3cccc4c3c3ccccc3n4-c3ccccc3)nc(-c3ccccc3)c21. The molecule has 8 aromatic rings. The highest BCUT2D eigenvalue weighted by molar-refractivity contribution is 6.15. The van der Waals surface area contributed by atoms with Gasteiger partial charge in [0.1, 0.15) is 0 Å². The molecule has 218 valence electrons. The van der Waals surface area contributed by atoms with E-state index in [1.54, 1.807) is 0 Å². The number of hydrogen-bond acceptors (Lipinski definition) is 3. The van der Waals surface area contributed by atoms with Crippen molar-refractivity contribution in [1.29, 1.82) is 0 Å². The van der Waals surface area contributed by atoms with Gasteiger partial charge in [-0.2, -0.15) is 0 Å². The van der Waals surface area contributed by atoms with Crippen LogP contribution in [0.5, 0.6) is 0 Å². The van der Waals surface area contributed by atoms with Gasteiger partial charge in [0.25, 0.3) is 0 Å². The van der Waals surface area contributed by atoms with Gasteiger partial charge in [-0.25, -0.2) is 9.97 Å². The third kappa shape index (κ3) is 3.90. The Balaban J connectivity index is 1.36. The Labute approximate surface area is 267 Å². The van der Waals surface area contributed by atoms with Crippen LogP contribution in [0.15, 0.2) is 146 Å². The van der Waals surface area contributed by atoms with E-state index < -0.39 is 0 Å². The molecule has 1 aliphatic carbocycles. The maximum absolute atomic E-state index is 5.47. The van der Waals surface area contributed by atoms with Crippen molar-refractivity contribution in [1.82, 2.24) is 19.5 Å². The highest BCUT2D eigenvalue weighted by Crippen LogP contribution is 2.52. The molecular weight excluding hydrogens is 560 g/mol. The predicted molar refractivity (Wildman–Crippen MR) is 188 cm³/mol. The van der Waals surface area contributed by atoms with E-state index in [4.69, 9.17) is 15.0 Å². The molecule has 1 aliphatic rings. The molecule has 0 radical (unpaired) electrons. The molecule has 4 heteroatoms. The monoisotopic (exact) mass is 590 g/mol. The highest BCUT2D eigenvalue weighted by atomic mass is 15.0. The zero-order valence-electron chi connectivity index (χ0n) is 25.6. The molecule has 0 bridgehead atoms. The molecule has 0 atom stereocenters. The van der Waals surface area contributed by atoms with Crippen LogP contribution in [0.3, 0.4) is 0 Å². The fraction of sp³-hybridized carbons (Fsp3) is 0.0714. The van der Waals surface area contributed by atoms with Crippen LogP contribution in [-0.2, 0) is 5.41 Å². The second kappa shape index (κ2) is 10.1. The summed E-state index contributed by atoms with van der Waals surface area (Å²) in [7, 11) is 0. The molecule has 0 N–H and O–H groups in total. The number of benzene rings is 5. The summed E-state index contributed by atoms with van der Waals surface area (Å²) in [4.78, 5) is 15.9. The number of pyridine rings is 1. The molecule has 9 rings (SSSR count). The Bertz CT molecular complexity index is 2420. The first-order valence-corrected chi connectivity index (χ1v) is 15.7. The Kier molecular flexibility index (Phi) is 5.81. The first-order valence-electron chi connectivity index (χ1n) is 15.7. The number of para-hydroxylation sites is 2. The van der Waals surface area contributed by atoms with Crippen LogP contribution < -0.4 is 0 Å². The lowest BCUT2D eigenvalue weighted by Gasteiger charge is -2.23. The van der Waals surface area contributed by atoms with Gasteiger partial charge in [-0.1, -0.05) is 123 Å². The molecular formula is C42H30N4. The van der Waals surface area contributed by atoms with Crippen molar-refractivity contribution in [3.05, 3.63) is 157 Å². The molecule has 3 heterocycles. The van der Waals surface area contributed by atoms with Gasteiger partial charge in [-0.3, -0.25) is 4.98 Å². The van der Waals surface area contributed by atoms with Crippen LogP contribution in [0.25, 0.3) is 72.7 Å². The topological polar surface area (TPSA) is 43.6 Å². The number of rotatable bonds is 4. The largest absolute Gasteiger partial charge is 0.309 e. The van der Waals surface area contributed by atoms with E-state index in [1.807, 2.05) is 12.3 Å². The van der Waals surface area contributed by atoms with E-state index in [-0.39, 0.29) is 5.41 Å². The van der Waals surface area contributed by atoms with E-state index >= 15 is 0 Å². The summed E-state index contributed by atoms with van der Waals surface area (Å²) in [6, 6.07) is 48.8. The van der Waals surface area contributed by atoms with E-state index in [0.29, 0.717) is 0 Å². The summed E-state index contributed by atoms with van der Waals surface area (Å²) in [5.74, 6) is 0.723. The minimum Gasteiger partial charge on any atom is -0.309 e. The normalized spacial score (nSPS) is 13.2. The second-order valence-electron chi connectivity index (χ2n) is 12.5. The Morgan fingerprint density at radius 1 is 0.565 bits per heavy atom. The molecule has 3 aromatic heterocycles. The van der Waals surface area contributed by atoms with Crippen molar-refractivity contribution in [3.8, 4) is 50.8 Å². The average Bonchev–Trinajstić information content (AvgIpc) is 3.57. The van der Waals surface area contributed by atoms with E-state index in [0.717, 1.165) is 72.8 Å². The molecule has 0 spiro atoms. The van der Waals surface area contributed by atoms with E-state index in [1.165, 1.54) is 10.9 Å². The van der Waals surface area contributed by atoms with Crippen molar-refractivity contribution in [2.24, 2.45) is 0 Å². The zero-order valence-corrected chi connectivity index (χ0v) is 25.6. The molecule has 0 fully saturated rings. The van der Waals surface area contributed by atoms with Crippen LogP contribution in [0.4, 0.5) is 0 Å². The second-order valence-corrected chi connectivity index (χ2v) is 12.5. The lowest BCUT2D eigenvalue weighted by molar-refractivity contribution is 0.655. The first-order chi connectivity index (χ1) is 22.6. The zero-order chi connectivity index (χ0) is 30.8. The summed E-state index contributed by atoms with van der Waals surface area (Å²) in [5, 5.41) is 2.33. The quantitative estimate of drug-likeness (QED) is 0.205. The smallest absolute Gasteiger partial charge is 0.161 e. The Morgan fingerprint density at radius 2 is 1.20 bits per heavy atom. The van der Waals surface area contributed by atoms with Crippen LogP contribution in [0.1, 0.15) is 25.0 Å². The minimum atomic E-state index is -0.327. The molecule has 0 unspecified atom stereocenters. The Morgan fingerprint density at radius 3 is 1.96 bits per heavy atom. The number of hydrogen-bond donors (Lipinski definition) is 0. The lowest BCUT2D eigenvalue weighted by atomic mass is 9.81. The third-order valence-electron chi connectivity index (χ3n) is 9.44. The standard InChI is InChI=1S/C42H30N4/c1-42(2)33-26-43-34(27-15-6-3-7-16-27)25-32(33)40-38(42)39(28-17-8-4-9-18-28)44-41(45-40)31-22-14-24-36-37(31)30-21-12-13-23-35(30)46(36)29-19-10-5-11-20-29/h3-26H,1-2H3. The van der Waals surface area contributed by atoms with Gasteiger partial charge in [0.2, 0.25) is 0 Å². The maximum atomic E-state index is 5.47. The number of aromatic nitrogens is 4. The fourth-order valence-electron chi connectivity index (χ4n) is 7.28. The molecule has 0 saturated carbocycles. The molecule has 5 aromatic carbocycles. The molecule has 0 amide bonds. The first kappa shape index (κ1) is 26.5. The van der Waals surface area contributed by atoms with E-state index in [2.05, 4.69) is 152 Å². The van der Waals surface area contributed by atoms with Gasteiger partial charge in [-0.15, -0.1) is 0 Å². The van der Waals surface area contributed by atoms with Crippen molar-refractivity contribution in [3.63, 3.8) is 0 Å². The average molecular weight is 591 g/mol. The predicted octanol–water partition coefficient (Wildman–Crippen LogP) is 10.3. The van der Waals surface area contributed by atoms with Crippen molar-refractivity contribution < 1.29 is 0 Å². The van der Waals surface area contributed by atoms with Gasteiger partial charge in [0, 0.05) is 55.9 Å². The highest BCUT2D eigenvalue weighted by Gasteiger charge is 2.41. The number of fused-ring (bicyclic) bond motifs is 6. The molecule has 4 nitrogen and oxygen atoms in total.